The third kappa shape index (κ3) is 1.86. The molecule has 0 bridgehead atoms. The first-order valence-corrected chi connectivity index (χ1v) is 3.34. The van der Waals surface area contributed by atoms with E-state index >= 15 is 0 Å². The normalized spacial score (nSPS) is 10.7. The van der Waals surface area contributed by atoms with Crippen LogP contribution in [0.25, 0.3) is 0 Å². The second-order valence-corrected chi connectivity index (χ2v) is 2.39. The fraction of sp³-hybridized carbons (Fsp3) is 0.429. The molecule has 0 radical (unpaired) electrons. The Balaban J connectivity index is 2.40. The summed E-state index contributed by atoms with van der Waals surface area (Å²) in [6, 6.07) is 4.03. The molecule has 3 nitrogen and oxygen atoms in total. The van der Waals surface area contributed by atoms with Gasteiger partial charge in [0.05, 0.1) is 0 Å². The first-order valence-electron chi connectivity index (χ1n) is 3.34. The fourth-order valence-corrected chi connectivity index (χ4v) is 0.821. The Kier molecular flexibility index (Phi) is 2.48. The molecule has 3 heteroatoms. The van der Waals surface area contributed by atoms with Crippen LogP contribution in [0.2, 0.25) is 0 Å². The lowest BCUT2D eigenvalue weighted by Gasteiger charge is -2.11. The van der Waals surface area contributed by atoms with E-state index in [1.54, 1.807) is 0 Å². The molecule has 0 amide bonds. The van der Waals surface area contributed by atoms with Crippen LogP contribution in [0.3, 0.4) is 0 Å². The van der Waals surface area contributed by atoms with Crippen LogP contribution in [0.15, 0.2) is 18.3 Å². The van der Waals surface area contributed by atoms with Crippen molar-refractivity contribution < 1.29 is 0 Å². The number of nitrogens with zero attached hydrogens (tertiary/aromatic N) is 1. The number of hydrogen-bond acceptors (Lipinski definition) is 2. The molecule has 0 aromatic carbocycles. The highest BCUT2D eigenvalue weighted by Gasteiger charge is 1.95. The van der Waals surface area contributed by atoms with E-state index in [-0.39, 0.29) is 0 Å². The van der Waals surface area contributed by atoms with Crippen LogP contribution in [0.1, 0.15) is 5.69 Å². The van der Waals surface area contributed by atoms with E-state index in [9.17, 15) is 0 Å². The summed E-state index contributed by atoms with van der Waals surface area (Å²) in [5.74, 6) is 0. The SMILES string of the molecule is CN(CN)Cc1ccc[nH]1. The number of aromatic nitrogens is 1. The van der Waals surface area contributed by atoms with Gasteiger partial charge in [0.25, 0.3) is 0 Å². The van der Waals surface area contributed by atoms with Gasteiger partial charge in [-0.05, 0) is 19.2 Å². The van der Waals surface area contributed by atoms with E-state index in [0.717, 1.165) is 6.54 Å². The average Bonchev–Trinajstić information content (AvgIpc) is 2.40. The Morgan fingerprint density at radius 1 is 1.70 bits per heavy atom. The highest BCUT2D eigenvalue weighted by atomic mass is 15.1. The van der Waals surface area contributed by atoms with Crippen LogP contribution in [0.5, 0.6) is 0 Å². The zero-order valence-electron chi connectivity index (χ0n) is 6.17. The van der Waals surface area contributed by atoms with Crippen molar-refractivity contribution in [2.24, 2.45) is 5.73 Å². The fourth-order valence-electron chi connectivity index (χ4n) is 0.821. The average molecular weight is 139 g/mol. The van der Waals surface area contributed by atoms with Gasteiger partial charge in [0.15, 0.2) is 0 Å². The van der Waals surface area contributed by atoms with Crippen molar-refractivity contribution in [3.63, 3.8) is 0 Å². The Morgan fingerprint density at radius 3 is 3.00 bits per heavy atom. The van der Waals surface area contributed by atoms with Crippen molar-refractivity contribution in [3.8, 4) is 0 Å². The topological polar surface area (TPSA) is 45.0 Å². The van der Waals surface area contributed by atoms with Crippen LogP contribution in [-0.2, 0) is 6.54 Å². The van der Waals surface area contributed by atoms with Gasteiger partial charge in [0, 0.05) is 25.1 Å². The number of aromatic amines is 1. The lowest BCUT2D eigenvalue weighted by Crippen LogP contribution is -2.25. The molecule has 1 aromatic rings. The molecule has 0 aliphatic heterocycles. The number of nitrogens with two attached hydrogens (primary N) is 1. The molecule has 3 N–H and O–H groups in total. The Labute approximate surface area is 60.8 Å². The Bertz CT molecular complexity index is 169. The van der Waals surface area contributed by atoms with Crippen LogP contribution >= 0.6 is 0 Å². The van der Waals surface area contributed by atoms with Gasteiger partial charge in [-0.3, -0.25) is 4.90 Å². The summed E-state index contributed by atoms with van der Waals surface area (Å²) in [7, 11) is 1.99. The van der Waals surface area contributed by atoms with Crippen molar-refractivity contribution >= 4 is 0 Å². The Morgan fingerprint density at radius 2 is 2.50 bits per heavy atom. The number of nitrogens with one attached hydrogen (secondary N) is 1. The summed E-state index contributed by atoms with van der Waals surface area (Å²) >= 11 is 0. The summed E-state index contributed by atoms with van der Waals surface area (Å²) in [6.07, 6.45) is 1.92. The highest BCUT2D eigenvalue weighted by Crippen LogP contribution is 1.96. The molecular weight excluding hydrogens is 126 g/mol. The molecule has 0 unspecified atom stereocenters. The summed E-state index contributed by atoms with van der Waals surface area (Å²) < 4.78 is 0. The first kappa shape index (κ1) is 7.31. The third-order valence-corrected chi connectivity index (χ3v) is 1.41. The maximum atomic E-state index is 5.40. The van der Waals surface area contributed by atoms with Gasteiger partial charge in [0.1, 0.15) is 0 Å². The molecule has 10 heavy (non-hydrogen) atoms. The lowest BCUT2D eigenvalue weighted by molar-refractivity contribution is 0.334. The lowest BCUT2D eigenvalue weighted by atomic mass is 10.4. The summed E-state index contributed by atoms with van der Waals surface area (Å²) in [5, 5.41) is 0. The summed E-state index contributed by atoms with van der Waals surface area (Å²) in [5.41, 5.74) is 6.60. The van der Waals surface area contributed by atoms with E-state index in [1.165, 1.54) is 5.69 Å². The Hall–Kier alpha value is -0.800. The first-order chi connectivity index (χ1) is 4.83. The second kappa shape index (κ2) is 3.39. The van der Waals surface area contributed by atoms with Gasteiger partial charge in [-0.25, -0.2) is 0 Å². The van der Waals surface area contributed by atoms with Gasteiger partial charge in [-0.2, -0.15) is 0 Å². The van der Waals surface area contributed by atoms with Crippen molar-refractivity contribution in [1.82, 2.24) is 9.88 Å². The molecular formula is C7H13N3. The predicted octanol–water partition coefficient (Wildman–Crippen LogP) is 0.363. The van der Waals surface area contributed by atoms with Gasteiger partial charge in [-0.15, -0.1) is 0 Å². The molecule has 1 heterocycles. The van der Waals surface area contributed by atoms with Gasteiger partial charge < -0.3 is 10.7 Å². The standard InChI is InChI=1S/C7H13N3/c1-10(6-8)5-7-3-2-4-9-7/h2-4,9H,5-6,8H2,1H3. The van der Waals surface area contributed by atoms with Crippen molar-refractivity contribution in [1.29, 1.82) is 0 Å². The van der Waals surface area contributed by atoms with Gasteiger partial charge >= 0.3 is 0 Å². The molecule has 0 spiro atoms. The largest absolute Gasteiger partial charge is 0.364 e. The second-order valence-electron chi connectivity index (χ2n) is 2.39. The van der Waals surface area contributed by atoms with E-state index in [1.807, 2.05) is 30.3 Å². The van der Waals surface area contributed by atoms with Crippen LogP contribution in [0.4, 0.5) is 0 Å². The maximum absolute atomic E-state index is 5.40. The monoisotopic (exact) mass is 139 g/mol. The number of H-pyrrole nitrogens is 1. The summed E-state index contributed by atoms with van der Waals surface area (Å²) in [6.45, 7) is 1.49. The summed E-state index contributed by atoms with van der Waals surface area (Å²) in [4.78, 5) is 5.14. The van der Waals surface area contributed by atoms with Crippen molar-refractivity contribution in [2.75, 3.05) is 13.7 Å². The van der Waals surface area contributed by atoms with Crippen molar-refractivity contribution in [2.45, 2.75) is 6.54 Å². The van der Waals surface area contributed by atoms with Crippen LogP contribution in [0, 0.1) is 0 Å². The molecule has 1 rings (SSSR count). The van der Waals surface area contributed by atoms with Gasteiger partial charge in [-0.1, -0.05) is 0 Å². The highest BCUT2D eigenvalue weighted by molar-refractivity contribution is 5.02. The molecule has 0 aliphatic rings. The third-order valence-electron chi connectivity index (χ3n) is 1.41. The molecule has 1 aromatic heterocycles. The minimum Gasteiger partial charge on any atom is -0.364 e. The van der Waals surface area contributed by atoms with E-state index in [4.69, 9.17) is 5.73 Å². The molecule has 56 valence electrons. The predicted molar refractivity (Wildman–Crippen MR) is 41.3 cm³/mol. The van der Waals surface area contributed by atoms with Crippen LogP contribution in [-0.4, -0.2) is 23.6 Å². The molecule has 0 fully saturated rings. The zero-order chi connectivity index (χ0) is 7.40. The van der Waals surface area contributed by atoms with Crippen molar-refractivity contribution in [3.05, 3.63) is 24.0 Å². The minimum atomic E-state index is 0.596. The van der Waals surface area contributed by atoms with E-state index in [2.05, 4.69) is 4.98 Å². The smallest absolute Gasteiger partial charge is 0.0456 e. The zero-order valence-corrected chi connectivity index (χ0v) is 6.17. The van der Waals surface area contributed by atoms with Gasteiger partial charge in [0.2, 0.25) is 0 Å². The quantitative estimate of drug-likeness (QED) is 0.594. The minimum absolute atomic E-state index is 0.596. The molecule has 0 atom stereocenters. The van der Waals surface area contributed by atoms with E-state index in [0.29, 0.717) is 6.67 Å². The maximum Gasteiger partial charge on any atom is 0.0456 e. The molecule has 0 aliphatic carbocycles. The molecule has 0 saturated carbocycles. The van der Waals surface area contributed by atoms with E-state index < -0.39 is 0 Å². The molecule has 0 saturated heterocycles. The number of hydrogen-bond donors (Lipinski definition) is 2. The van der Waals surface area contributed by atoms with Crippen LogP contribution < -0.4 is 5.73 Å². The number of rotatable bonds is 3.